The van der Waals surface area contributed by atoms with E-state index >= 15 is 0 Å². The molecule has 1 aromatic carbocycles. The van der Waals surface area contributed by atoms with E-state index in [-0.39, 0.29) is 12.3 Å². The summed E-state index contributed by atoms with van der Waals surface area (Å²) in [6.07, 6.45) is 2.08. The fourth-order valence-electron chi connectivity index (χ4n) is 4.88. The lowest BCUT2D eigenvalue weighted by atomic mass is 10.1. The van der Waals surface area contributed by atoms with Crippen molar-refractivity contribution >= 4 is 43.6 Å². The number of ether oxygens (including phenoxy) is 5. The number of hydrogen-bond donors (Lipinski definition) is 5. The van der Waals surface area contributed by atoms with E-state index in [0.29, 0.717) is 75.6 Å². The maximum atomic E-state index is 12.1. The number of nitrogens with zero attached hydrogens (tertiary/aromatic N) is 5. The molecular weight excluding hydrogens is 724 g/mol. The van der Waals surface area contributed by atoms with E-state index in [2.05, 4.69) is 21.0 Å². The second-order valence-corrected chi connectivity index (χ2v) is 15.3. The molecule has 5 atom stereocenters. The minimum atomic E-state index is -4.87. The molecule has 0 radical (unpaired) electrons. The minimum Gasteiger partial charge on any atom is -0.387 e. The van der Waals surface area contributed by atoms with Crippen LogP contribution in [0.2, 0.25) is 5.02 Å². The molecule has 0 amide bonds. The second kappa shape index (κ2) is 19.3. The minimum absolute atomic E-state index is 0.241. The molecular formula is C29H40ClN5O13P2. The Kier molecular flexibility index (Phi) is 15.5. The third-order valence-electron chi connectivity index (χ3n) is 7.18. The standard InChI is InChI=1S/C29H40ClN5O13P2/c1-2-8-43-10-12-45-14-15-46-13-11-44-9-7-34(17-21-5-3-4-6-23(21)30)27-22-16-33-35(28(22)32-19-31-27)29-26(37)25(36)24(48-29)18-47-50(41,42)20-49(38,39)40/h1,3-6,16,19,24-26,29,36-37H,7-15,17-18,20H2,(H,41,42)(H2,38,39,40)/t24-,25-,26-,29-/m1/s1. The van der Waals surface area contributed by atoms with Crippen molar-refractivity contribution in [2.45, 2.75) is 31.1 Å². The number of aromatic nitrogens is 4. The lowest BCUT2D eigenvalue weighted by Gasteiger charge is -2.25. The van der Waals surface area contributed by atoms with Crippen LogP contribution < -0.4 is 4.90 Å². The van der Waals surface area contributed by atoms with Crippen molar-refractivity contribution in [2.24, 2.45) is 0 Å². The first-order valence-electron chi connectivity index (χ1n) is 15.3. The summed E-state index contributed by atoms with van der Waals surface area (Å²) < 4.78 is 56.9. The summed E-state index contributed by atoms with van der Waals surface area (Å²) >= 11 is 6.48. The molecule has 1 aliphatic heterocycles. The van der Waals surface area contributed by atoms with Crippen LogP contribution in [0, 0.1) is 12.3 Å². The van der Waals surface area contributed by atoms with Crippen molar-refractivity contribution in [3.8, 4) is 12.3 Å². The van der Waals surface area contributed by atoms with Gasteiger partial charge in [0, 0.05) is 18.1 Å². The Bertz CT molecular complexity index is 1660. The maximum absolute atomic E-state index is 12.1. The fraction of sp³-hybridized carbons (Fsp3) is 0.552. The number of aliphatic hydroxyl groups is 2. The number of hydrogen-bond acceptors (Lipinski definition) is 14. The van der Waals surface area contributed by atoms with Crippen molar-refractivity contribution in [3.63, 3.8) is 0 Å². The van der Waals surface area contributed by atoms with Crippen molar-refractivity contribution in [3.05, 3.63) is 47.4 Å². The average Bonchev–Trinajstić information content (AvgIpc) is 3.61. The van der Waals surface area contributed by atoms with E-state index in [9.17, 15) is 24.2 Å². The van der Waals surface area contributed by atoms with Crippen LogP contribution in [0.25, 0.3) is 11.0 Å². The first kappa shape index (κ1) is 40.2. The highest BCUT2D eigenvalue weighted by Gasteiger charge is 2.46. The average molecular weight is 764 g/mol. The third-order valence-corrected chi connectivity index (χ3v) is 11.0. The molecule has 5 N–H and O–H groups in total. The molecule has 0 saturated carbocycles. The zero-order valence-electron chi connectivity index (χ0n) is 26.8. The van der Waals surface area contributed by atoms with Crippen molar-refractivity contribution in [2.75, 3.05) is 76.8 Å². The second-order valence-electron chi connectivity index (χ2n) is 10.9. The van der Waals surface area contributed by atoms with Crippen LogP contribution in [0.15, 0.2) is 36.8 Å². The molecule has 1 unspecified atom stereocenters. The van der Waals surface area contributed by atoms with Gasteiger partial charge in [0.1, 0.15) is 37.1 Å². The number of fused-ring (bicyclic) bond motifs is 1. The first-order chi connectivity index (χ1) is 23.9. The first-order valence-corrected chi connectivity index (χ1v) is 19.3. The number of halogens is 1. The van der Waals surface area contributed by atoms with Gasteiger partial charge < -0.3 is 58.0 Å². The Hall–Kier alpha value is -2.56. The summed E-state index contributed by atoms with van der Waals surface area (Å²) in [7, 11) is -9.60. The van der Waals surface area contributed by atoms with Gasteiger partial charge in [0.25, 0.3) is 0 Å². The van der Waals surface area contributed by atoms with Crippen LogP contribution in [0.1, 0.15) is 11.8 Å². The molecule has 2 aromatic heterocycles. The van der Waals surface area contributed by atoms with Crippen LogP contribution in [0.3, 0.4) is 0 Å². The Morgan fingerprint density at radius 2 is 1.62 bits per heavy atom. The summed E-state index contributed by atoms with van der Waals surface area (Å²) in [6, 6.07) is 7.34. The predicted molar refractivity (Wildman–Crippen MR) is 179 cm³/mol. The van der Waals surface area contributed by atoms with Gasteiger partial charge in [0.05, 0.1) is 64.4 Å². The molecule has 50 heavy (non-hydrogen) atoms. The van der Waals surface area contributed by atoms with E-state index in [1.165, 1.54) is 17.2 Å². The number of terminal acetylenes is 1. The van der Waals surface area contributed by atoms with Gasteiger partial charge in [-0.1, -0.05) is 35.7 Å². The van der Waals surface area contributed by atoms with Gasteiger partial charge in [0.2, 0.25) is 0 Å². The highest BCUT2D eigenvalue weighted by molar-refractivity contribution is 7.70. The molecule has 0 bridgehead atoms. The highest BCUT2D eigenvalue weighted by atomic mass is 35.5. The molecule has 4 rings (SSSR count). The van der Waals surface area contributed by atoms with Crippen molar-refractivity contribution in [1.29, 1.82) is 0 Å². The maximum Gasteiger partial charge on any atom is 0.340 e. The molecule has 18 nitrogen and oxygen atoms in total. The van der Waals surface area contributed by atoms with E-state index in [0.717, 1.165) is 5.56 Å². The van der Waals surface area contributed by atoms with Gasteiger partial charge in [-0.25, -0.2) is 14.6 Å². The normalized spacial score (nSPS) is 20.6. The third kappa shape index (κ3) is 12.0. The SMILES string of the molecule is C#CCOCCOCCOCCOCCN(Cc1ccccc1Cl)c1ncnc2c1cnn2[C@@H]1O[C@H](COP(=O)(O)CP(=O)(O)O)[C@@H](O)[C@H]1O. The monoisotopic (exact) mass is 763 g/mol. The van der Waals surface area contributed by atoms with Crippen LogP contribution in [0.4, 0.5) is 5.82 Å². The Labute approximate surface area is 292 Å². The van der Waals surface area contributed by atoms with E-state index in [4.69, 9.17) is 56.0 Å². The van der Waals surface area contributed by atoms with Gasteiger partial charge in [-0.15, -0.1) is 6.42 Å². The Morgan fingerprint density at radius 3 is 2.28 bits per heavy atom. The van der Waals surface area contributed by atoms with Gasteiger partial charge in [-0.2, -0.15) is 5.10 Å². The van der Waals surface area contributed by atoms with Crippen LogP contribution in [-0.2, 0) is 43.9 Å². The summed E-state index contributed by atoms with van der Waals surface area (Å²) in [5, 5.41) is 26.8. The van der Waals surface area contributed by atoms with Gasteiger partial charge in [-0.05, 0) is 11.6 Å². The van der Waals surface area contributed by atoms with E-state index in [1.807, 2.05) is 23.1 Å². The lowest BCUT2D eigenvalue weighted by Crippen LogP contribution is -2.33. The Morgan fingerprint density at radius 1 is 0.960 bits per heavy atom. The van der Waals surface area contributed by atoms with E-state index < -0.39 is 52.2 Å². The fourth-order valence-corrected chi connectivity index (χ4v) is 7.64. The Balaban J connectivity index is 1.40. The lowest BCUT2D eigenvalue weighted by molar-refractivity contribution is -0.0541. The smallest absolute Gasteiger partial charge is 0.340 e. The molecule has 21 heteroatoms. The zero-order chi connectivity index (χ0) is 36.1. The number of anilines is 1. The van der Waals surface area contributed by atoms with E-state index in [1.54, 1.807) is 6.07 Å². The quantitative estimate of drug-likeness (QED) is 0.0548. The highest BCUT2D eigenvalue weighted by Crippen LogP contribution is 2.55. The molecule has 0 spiro atoms. The zero-order valence-corrected chi connectivity index (χ0v) is 29.4. The van der Waals surface area contributed by atoms with Crippen LogP contribution in [-0.4, -0.2) is 135 Å². The molecule has 3 heterocycles. The van der Waals surface area contributed by atoms with Crippen LogP contribution >= 0.6 is 26.8 Å². The molecule has 0 aliphatic carbocycles. The summed E-state index contributed by atoms with van der Waals surface area (Å²) in [6.45, 7) is 2.83. The molecule has 276 valence electrons. The van der Waals surface area contributed by atoms with Crippen molar-refractivity contribution < 1.29 is 62.2 Å². The van der Waals surface area contributed by atoms with Gasteiger partial charge in [-0.3, -0.25) is 9.13 Å². The molecule has 3 aromatic rings. The summed E-state index contributed by atoms with van der Waals surface area (Å²) in [4.78, 5) is 38.6. The molecule has 1 aliphatic rings. The summed E-state index contributed by atoms with van der Waals surface area (Å²) in [5.74, 6) is 1.44. The molecule has 1 saturated heterocycles. The number of aliphatic hydroxyl groups excluding tert-OH is 2. The largest absolute Gasteiger partial charge is 0.387 e. The number of rotatable bonds is 22. The van der Waals surface area contributed by atoms with Gasteiger partial charge in [0.15, 0.2) is 17.8 Å². The van der Waals surface area contributed by atoms with Crippen molar-refractivity contribution in [1.82, 2.24) is 19.7 Å². The summed E-state index contributed by atoms with van der Waals surface area (Å²) in [5.41, 5.74) is 1.06. The predicted octanol–water partition coefficient (Wildman–Crippen LogP) is 1.14. The topological polar surface area (TPSA) is 238 Å². The number of benzene rings is 1. The van der Waals surface area contributed by atoms with Gasteiger partial charge >= 0.3 is 15.2 Å². The molecule has 1 fully saturated rings. The van der Waals surface area contributed by atoms with Crippen LogP contribution in [0.5, 0.6) is 0 Å².